The second-order valence-electron chi connectivity index (χ2n) is 7.17. The molecule has 1 aromatic carbocycles. The van der Waals surface area contributed by atoms with Crippen molar-refractivity contribution >= 4 is 5.97 Å². The van der Waals surface area contributed by atoms with Crippen molar-refractivity contribution in [2.75, 3.05) is 13.1 Å². The number of benzene rings is 1. The number of nitrogens with zero attached hydrogens (tertiary/aromatic N) is 2. The molecule has 0 bridgehead atoms. The number of rotatable bonds is 4. The number of aromatic nitrogens is 1. The number of aliphatic carboxylic acids is 1. The molecule has 0 radical (unpaired) electrons. The molecule has 2 aromatic rings. The average molecular weight is 338 g/mol. The molecular formula is C21H26N2O2. The Hall–Kier alpha value is -2.20. The van der Waals surface area contributed by atoms with Crippen molar-refractivity contribution in [1.29, 1.82) is 0 Å². The van der Waals surface area contributed by atoms with Gasteiger partial charge in [0.2, 0.25) is 0 Å². The predicted octanol–water partition coefficient (Wildman–Crippen LogP) is 3.89. The standard InChI is InChI=1S/C21H26N2O2/c1-14-4-6-16(3)18(12-14)20(19-7-5-15(2)13-22-19)23-10-8-17(9-11-23)21(24)25/h4-7,12-13,17,20H,8-11H2,1-3H3,(H,24,25). The number of aryl methyl sites for hydroxylation is 3. The van der Waals surface area contributed by atoms with Crippen LogP contribution < -0.4 is 0 Å². The summed E-state index contributed by atoms with van der Waals surface area (Å²) in [5, 5.41) is 9.28. The molecule has 1 saturated heterocycles. The maximum absolute atomic E-state index is 11.3. The van der Waals surface area contributed by atoms with Crippen LogP contribution in [-0.4, -0.2) is 34.0 Å². The van der Waals surface area contributed by atoms with Crippen LogP contribution >= 0.6 is 0 Å². The third-order valence-electron chi connectivity index (χ3n) is 5.19. The number of pyridine rings is 1. The smallest absolute Gasteiger partial charge is 0.306 e. The van der Waals surface area contributed by atoms with Crippen molar-refractivity contribution in [2.45, 2.75) is 39.7 Å². The van der Waals surface area contributed by atoms with Crippen molar-refractivity contribution < 1.29 is 9.90 Å². The largest absolute Gasteiger partial charge is 0.481 e. The quantitative estimate of drug-likeness (QED) is 0.919. The van der Waals surface area contributed by atoms with Crippen molar-refractivity contribution in [3.8, 4) is 0 Å². The summed E-state index contributed by atoms with van der Waals surface area (Å²) in [5.41, 5.74) is 5.93. The minimum absolute atomic E-state index is 0.0789. The molecule has 4 nitrogen and oxygen atoms in total. The SMILES string of the molecule is Cc1ccc(C(c2cc(C)ccc2C)N2CCC(C(=O)O)CC2)nc1. The normalized spacial score (nSPS) is 17.4. The third kappa shape index (κ3) is 3.90. The number of hydrogen-bond donors (Lipinski definition) is 1. The van der Waals surface area contributed by atoms with Gasteiger partial charge in [-0.1, -0.05) is 29.8 Å². The van der Waals surface area contributed by atoms with Crippen LogP contribution in [0.15, 0.2) is 36.5 Å². The monoisotopic (exact) mass is 338 g/mol. The van der Waals surface area contributed by atoms with Gasteiger partial charge in [0, 0.05) is 6.20 Å². The van der Waals surface area contributed by atoms with Crippen LogP contribution in [0.4, 0.5) is 0 Å². The Kier molecular flexibility index (Phi) is 5.19. The van der Waals surface area contributed by atoms with Crippen molar-refractivity contribution in [1.82, 2.24) is 9.88 Å². The maximum Gasteiger partial charge on any atom is 0.306 e. The summed E-state index contributed by atoms with van der Waals surface area (Å²) in [6, 6.07) is 10.8. The highest BCUT2D eigenvalue weighted by molar-refractivity contribution is 5.70. The molecule has 1 unspecified atom stereocenters. The van der Waals surface area contributed by atoms with E-state index in [2.05, 4.69) is 49.1 Å². The van der Waals surface area contributed by atoms with E-state index in [9.17, 15) is 9.90 Å². The van der Waals surface area contributed by atoms with E-state index in [0.29, 0.717) is 12.8 Å². The van der Waals surface area contributed by atoms with Crippen LogP contribution in [0.25, 0.3) is 0 Å². The van der Waals surface area contributed by atoms with Gasteiger partial charge in [-0.05, 0) is 69.5 Å². The molecule has 3 rings (SSSR count). The Balaban J connectivity index is 1.96. The number of carboxylic acid groups (broad SMARTS) is 1. The lowest BCUT2D eigenvalue weighted by molar-refractivity contribution is -0.143. The van der Waals surface area contributed by atoms with E-state index in [1.807, 2.05) is 13.1 Å². The third-order valence-corrected chi connectivity index (χ3v) is 5.19. The van der Waals surface area contributed by atoms with E-state index < -0.39 is 5.97 Å². The van der Waals surface area contributed by atoms with Crippen LogP contribution in [0.1, 0.15) is 46.8 Å². The fourth-order valence-corrected chi connectivity index (χ4v) is 3.64. The molecule has 0 amide bonds. The number of hydrogen-bond acceptors (Lipinski definition) is 3. The molecule has 4 heteroatoms. The summed E-state index contributed by atoms with van der Waals surface area (Å²) >= 11 is 0. The molecule has 0 aliphatic carbocycles. The van der Waals surface area contributed by atoms with Gasteiger partial charge in [-0.3, -0.25) is 14.7 Å². The zero-order valence-corrected chi connectivity index (χ0v) is 15.2. The van der Waals surface area contributed by atoms with Crippen molar-refractivity contribution in [3.63, 3.8) is 0 Å². The molecule has 0 spiro atoms. The number of likely N-dealkylation sites (tertiary alicyclic amines) is 1. The van der Waals surface area contributed by atoms with Crippen LogP contribution in [0.3, 0.4) is 0 Å². The first kappa shape index (κ1) is 17.6. The first-order chi connectivity index (χ1) is 12.0. The second-order valence-corrected chi connectivity index (χ2v) is 7.17. The summed E-state index contributed by atoms with van der Waals surface area (Å²) in [6.07, 6.45) is 3.31. The molecule has 2 heterocycles. The number of piperidine rings is 1. The van der Waals surface area contributed by atoms with E-state index in [1.54, 1.807) is 0 Å². The van der Waals surface area contributed by atoms with Gasteiger partial charge in [0.15, 0.2) is 0 Å². The highest BCUT2D eigenvalue weighted by atomic mass is 16.4. The highest BCUT2D eigenvalue weighted by Gasteiger charge is 2.31. The second kappa shape index (κ2) is 7.36. The minimum Gasteiger partial charge on any atom is -0.481 e. The van der Waals surface area contributed by atoms with E-state index in [-0.39, 0.29) is 12.0 Å². The molecule has 132 valence electrons. The maximum atomic E-state index is 11.3. The van der Waals surface area contributed by atoms with Crippen molar-refractivity contribution in [2.24, 2.45) is 5.92 Å². The summed E-state index contributed by atoms with van der Waals surface area (Å²) in [5.74, 6) is -0.891. The Morgan fingerprint density at radius 1 is 1.12 bits per heavy atom. The summed E-state index contributed by atoms with van der Waals surface area (Å²) in [4.78, 5) is 18.4. The predicted molar refractivity (Wildman–Crippen MR) is 98.7 cm³/mol. The Bertz CT molecular complexity index is 747. The first-order valence-electron chi connectivity index (χ1n) is 8.92. The lowest BCUT2D eigenvalue weighted by Crippen LogP contribution is -2.39. The highest BCUT2D eigenvalue weighted by Crippen LogP contribution is 2.33. The van der Waals surface area contributed by atoms with Gasteiger partial charge in [0.05, 0.1) is 17.7 Å². The summed E-state index contributed by atoms with van der Waals surface area (Å²) in [6.45, 7) is 7.86. The molecule has 0 saturated carbocycles. The Morgan fingerprint density at radius 3 is 2.40 bits per heavy atom. The van der Waals surface area contributed by atoms with E-state index in [0.717, 1.165) is 24.3 Å². The van der Waals surface area contributed by atoms with Crippen molar-refractivity contribution in [3.05, 3.63) is 64.5 Å². The Morgan fingerprint density at radius 2 is 1.80 bits per heavy atom. The van der Waals surface area contributed by atoms with Gasteiger partial charge in [0.1, 0.15) is 0 Å². The molecular weight excluding hydrogens is 312 g/mol. The van der Waals surface area contributed by atoms with Gasteiger partial charge in [-0.2, -0.15) is 0 Å². The van der Waals surface area contributed by atoms with Gasteiger partial charge < -0.3 is 5.11 Å². The van der Waals surface area contributed by atoms with Gasteiger partial charge in [0.25, 0.3) is 0 Å². The summed E-state index contributed by atoms with van der Waals surface area (Å²) in [7, 11) is 0. The van der Waals surface area contributed by atoms with Crippen LogP contribution in [0.5, 0.6) is 0 Å². The van der Waals surface area contributed by atoms with E-state index >= 15 is 0 Å². The summed E-state index contributed by atoms with van der Waals surface area (Å²) < 4.78 is 0. The first-order valence-corrected chi connectivity index (χ1v) is 8.92. The molecule has 1 aromatic heterocycles. The number of carbonyl (C=O) groups is 1. The topological polar surface area (TPSA) is 53.4 Å². The number of carboxylic acids is 1. The zero-order valence-electron chi connectivity index (χ0n) is 15.2. The fourth-order valence-electron chi connectivity index (χ4n) is 3.64. The van der Waals surface area contributed by atoms with Crippen LogP contribution in [0, 0.1) is 26.7 Å². The lowest BCUT2D eigenvalue weighted by atomic mass is 9.90. The molecule has 1 atom stereocenters. The van der Waals surface area contributed by atoms with Crippen LogP contribution in [0.2, 0.25) is 0 Å². The van der Waals surface area contributed by atoms with Crippen LogP contribution in [-0.2, 0) is 4.79 Å². The van der Waals surface area contributed by atoms with E-state index in [1.165, 1.54) is 16.7 Å². The lowest BCUT2D eigenvalue weighted by Gasteiger charge is -2.37. The molecule has 1 aliphatic heterocycles. The van der Waals surface area contributed by atoms with Gasteiger partial charge in [-0.25, -0.2) is 0 Å². The fraction of sp³-hybridized carbons (Fsp3) is 0.429. The zero-order chi connectivity index (χ0) is 18.0. The molecule has 1 fully saturated rings. The molecule has 1 N–H and O–H groups in total. The van der Waals surface area contributed by atoms with Gasteiger partial charge in [-0.15, -0.1) is 0 Å². The Labute approximate surface area is 149 Å². The molecule has 25 heavy (non-hydrogen) atoms. The van der Waals surface area contributed by atoms with Gasteiger partial charge >= 0.3 is 5.97 Å². The minimum atomic E-state index is -0.670. The molecule has 1 aliphatic rings. The average Bonchev–Trinajstić information content (AvgIpc) is 2.60. The van der Waals surface area contributed by atoms with E-state index in [4.69, 9.17) is 4.98 Å².